The van der Waals surface area contributed by atoms with Gasteiger partial charge in [0.1, 0.15) is 5.75 Å². The van der Waals surface area contributed by atoms with Gasteiger partial charge in [-0.15, -0.1) is 0 Å². The van der Waals surface area contributed by atoms with Crippen molar-refractivity contribution in [2.75, 3.05) is 7.11 Å². The minimum absolute atomic E-state index is 0.303. The van der Waals surface area contributed by atoms with E-state index in [1.54, 1.807) is 7.11 Å². The number of carbonyl (C=O) groups is 1. The first-order valence-corrected chi connectivity index (χ1v) is 4.49. The van der Waals surface area contributed by atoms with E-state index in [1.165, 1.54) is 6.07 Å². The third kappa shape index (κ3) is 2.99. The van der Waals surface area contributed by atoms with Crippen LogP contribution in [0.3, 0.4) is 0 Å². The van der Waals surface area contributed by atoms with E-state index < -0.39 is 5.91 Å². The summed E-state index contributed by atoms with van der Waals surface area (Å²) in [5.41, 5.74) is 1.94. The third-order valence-corrected chi connectivity index (χ3v) is 1.98. The molecule has 1 amide bonds. The molecule has 0 unspecified atom stereocenters. The van der Waals surface area contributed by atoms with Gasteiger partial charge in [0.2, 0.25) is 0 Å². The van der Waals surface area contributed by atoms with Gasteiger partial charge in [-0.2, -0.15) is 5.26 Å². The Bertz CT molecular complexity index is 408. The molecular weight excluding hydrogens is 192 g/mol. The maximum Gasteiger partial charge on any atom is 0.322 e. The van der Waals surface area contributed by atoms with Crippen LogP contribution >= 0.6 is 0 Å². The summed E-state index contributed by atoms with van der Waals surface area (Å²) in [5.74, 6) is 0.0670. The van der Waals surface area contributed by atoms with E-state index >= 15 is 0 Å². The van der Waals surface area contributed by atoms with E-state index in [9.17, 15) is 4.79 Å². The SMILES string of the molecule is COc1ccc(C)cc1CNC(=O)C#N. The predicted octanol–water partition coefficient (Wildman–Crippen LogP) is 1.14. The van der Waals surface area contributed by atoms with Crippen LogP contribution in [-0.4, -0.2) is 13.0 Å². The summed E-state index contributed by atoms with van der Waals surface area (Å²) >= 11 is 0. The number of rotatable bonds is 3. The Hall–Kier alpha value is -2.02. The van der Waals surface area contributed by atoms with E-state index in [-0.39, 0.29) is 0 Å². The van der Waals surface area contributed by atoms with Crippen molar-refractivity contribution in [3.63, 3.8) is 0 Å². The molecule has 1 rings (SSSR count). The number of hydrogen-bond acceptors (Lipinski definition) is 3. The lowest BCUT2D eigenvalue weighted by Crippen LogP contribution is -2.20. The van der Waals surface area contributed by atoms with E-state index in [2.05, 4.69) is 5.32 Å². The number of nitrogens with one attached hydrogen (secondary N) is 1. The van der Waals surface area contributed by atoms with Gasteiger partial charge in [0.05, 0.1) is 7.11 Å². The van der Waals surface area contributed by atoms with Gasteiger partial charge >= 0.3 is 5.91 Å². The second kappa shape index (κ2) is 5.01. The molecule has 0 aliphatic heterocycles. The monoisotopic (exact) mass is 204 g/mol. The largest absolute Gasteiger partial charge is 0.496 e. The molecule has 4 nitrogen and oxygen atoms in total. The molecular formula is C11H12N2O2. The van der Waals surface area contributed by atoms with Crippen molar-refractivity contribution in [1.29, 1.82) is 5.26 Å². The smallest absolute Gasteiger partial charge is 0.322 e. The molecule has 15 heavy (non-hydrogen) atoms. The number of methoxy groups -OCH3 is 1. The minimum Gasteiger partial charge on any atom is -0.496 e. The van der Waals surface area contributed by atoms with Crippen LogP contribution in [0, 0.1) is 18.3 Å². The Morgan fingerprint density at radius 2 is 2.33 bits per heavy atom. The van der Waals surface area contributed by atoms with Crippen molar-refractivity contribution in [3.8, 4) is 11.8 Å². The van der Waals surface area contributed by atoms with E-state index in [0.29, 0.717) is 12.3 Å². The molecule has 0 aromatic heterocycles. The molecule has 4 heteroatoms. The summed E-state index contributed by atoms with van der Waals surface area (Å²) in [4.78, 5) is 10.8. The fraction of sp³-hybridized carbons (Fsp3) is 0.273. The molecule has 0 spiro atoms. The fourth-order valence-electron chi connectivity index (χ4n) is 1.26. The molecule has 0 radical (unpaired) electrons. The summed E-state index contributed by atoms with van der Waals surface area (Å²) in [5, 5.41) is 10.8. The van der Waals surface area contributed by atoms with Gasteiger partial charge < -0.3 is 10.1 Å². The highest BCUT2D eigenvalue weighted by molar-refractivity contribution is 5.91. The molecule has 0 aliphatic carbocycles. The third-order valence-electron chi connectivity index (χ3n) is 1.98. The van der Waals surface area contributed by atoms with Gasteiger partial charge in [-0.25, -0.2) is 0 Å². The van der Waals surface area contributed by atoms with Gasteiger partial charge in [0, 0.05) is 12.1 Å². The van der Waals surface area contributed by atoms with Gasteiger partial charge in [0.15, 0.2) is 6.07 Å². The van der Waals surface area contributed by atoms with Crippen LogP contribution < -0.4 is 10.1 Å². The van der Waals surface area contributed by atoms with Gasteiger partial charge in [-0.3, -0.25) is 4.79 Å². The van der Waals surface area contributed by atoms with Crippen molar-refractivity contribution in [2.45, 2.75) is 13.5 Å². The minimum atomic E-state index is -0.640. The Kier molecular flexibility index (Phi) is 3.69. The number of amides is 1. The zero-order chi connectivity index (χ0) is 11.3. The van der Waals surface area contributed by atoms with Crippen LogP contribution in [0.4, 0.5) is 0 Å². The maximum atomic E-state index is 10.8. The summed E-state index contributed by atoms with van der Waals surface area (Å²) in [6.07, 6.45) is 0. The van der Waals surface area contributed by atoms with Crippen molar-refractivity contribution < 1.29 is 9.53 Å². The number of benzene rings is 1. The molecule has 0 heterocycles. The lowest BCUT2D eigenvalue weighted by atomic mass is 10.1. The molecule has 1 N–H and O–H groups in total. The molecule has 78 valence electrons. The van der Waals surface area contributed by atoms with Crippen molar-refractivity contribution in [1.82, 2.24) is 5.32 Å². The van der Waals surface area contributed by atoms with Crippen LogP contribution in [0.15, 0.2) is 18.2 Å². The lowest BCUT2D eigenvalue weighted by Gasteiger charge is -2.08. The van der Waals surface area contributed by atoms with Crippen LogP contribution in [0.25, 0.3) is 0 Å². The average molecular weight is 204 g/mol. The van der Waals surface area contributed by atoms with Crippen molar-refractivity contribution in [3.05, 3.63) is 29.3 Å². The molecule has 0 aliphatic rings. The van der Waals surface area contributed by atoms with Crippen LogP contribution in [-0.2, 0) is 11.3 Å². The van der Waals surface area contributed by atoms with E-state index in [4.69, 9.17) is 10.00 Å². The first kappa shape index (κ1) is 11.1. The maximum absolute atomic E-state index is 10.8. The van der Waals surface area contributed by atoms with Crippen molar-refractivity contribution in [2.24, 2.45) is 0 Å². The number of ether oxygens (including phenoxy) is 1. The van der Waals surface area contributed by atoms with Gasteiger partial charge in [0.25, 0.3) is 0 Å². The van der Waals surface area contributed by atoms with Crippen LogP contribution in [0.2, 0.25) is 0 Å². The quantitative estimate of drug-likeness (QED) is 0.751. The average Bonchev–Trinajstić information content (AvgIpc) is 2.26. The van der Waals surface area contributed by atoms with E-state index in [1.807, 2.05) is 25.1 Å². The standard InChI is InChI=1S/C11H12N2O2/c1-8-3-4-10(15-2)9(5-8)7-13-11(14)6-12/h3-5H,7H2,1-2H3,(H,13,14). The molecule has 1 aromatic rings. The Labute approximate surface area is 88.5 Å². The lowest BCUT2D eigenvalue weighted by molar-refractivity contribution is -0.116. The number of nitriles is 1. The Balaban J connectivity index is 2.79. The predicted molar refractivity (Wildman–Crippen MR) is 55.2 cm³/mol. The molecule has 0 atom stereocenters. The fourth-order valence-corrected chi connectivity index (χ4v) is 1.26. The number of nitrogens with zero attached hydrogens (tertiary/aromatic N) is 1. The topological polar surface area (TPSA) is 62.1 Å². The first-order chi connectivity index (χ1) is 7.17. The van der Waals surface area contributed by atoms with Crippen molar-refractivity contribution >= 4 is 5.91 Å². The van der Waals surface area contributed by atoms with E-state index in [0.717, 1.165) is 11.1 Å². The Morgan fingerprint density at radius 3 is 2.93 bits per heavy atom. The van der Waals surface area contributed by atoms with Crippen LogP contribution in [0.5, 0.6) is 5.75 Å². The summed E-state index contributed by atoms with van der Waals surface area (Å²) in [6.45, 7) is 2.26. The zero-order valence-electron chi connectivity index (χ0n) is 8.70. The highest BCUT2D eigenvalue weighted by Gasteiger charge is 2.04. The summed E-state index contributed by atoms with van der Waals surface area (Å²) in [6, 6.07) is 7.17. The number of hydrogen-bond donors (Lipinski definition) is 1. The molecule has 0 fully saturated rings. The number of aryl methyl sites for hydroxylation is 1. The normalized spacial score (nSPS) is 9.13. The first-order valence-electron chi connectivity index (χ1n) is 4.49. The second-order valence-electron chi connectivity index (χ2n) is 3.11. The highest BCUT2D eigenvalue weighted by Crippen LogP contribution is 2.19. The number of carbonyl (C=O) groups excluding carboxylic acids is 1. The molecule has 1 aromatic carbocycles. The highest BCUT2D eigenvalue weighted by atomic mass is 16.5. The summed E-state index contributed by atoms with van der Waals surface area (Å²) in [7, 11) is 1.57. The Morgan fingerprint density at radius 1 is 1.60 bits per heavy atom. The molecule has 0 saturated heterocycles. The van der Waals surface area contributed by atoms with Gasteiger partial charge in [-0.1, -0.05) is 17.7 Å². The second-order valence-corrected chi connectivity index (χ2v) is 3.11. The molecule has 0 bridgehead atoms. The zero-order valence-corrected chi connectivity index (χ0v) is 8.70. The molecule has 0 saturated carbocycles. The summed E-state index contributed by atoms with van der Waals surface area (Å²) < 4.78 is 5.13. The van der Waals surface area contributed by atoms with Crippen LogP contribution in [0.1, 0.15) is 11.1 Å². The van der Waals surface area contributed by atoms with Gasteiger partial charge in [-0.05, 0) is 13.0 Å².